The van der Waals surface area contributed by atoms with Crippen molar-refractivity contribution < 1.29 is 14.3 Å². The summed E-state index contributed by atoms with van der Waals surface area (Å²) in [6, 6.07) is 10.6. The molecule has 1 atom stereocenters. The number of morpholine rings is 1. The van der Waals surface area contributed by atoms with Crippen molar-refractivity contribution in [2.45, 2.75) is 77.2 Å². The summed E-state index contributed by atoms with van der Waals surface area (Å²) in [5.41, 5.74) is 0.470. The summed E-state index contributed by atoms with van der Waals surface area (Å²) in [6.45, 7) is 14.3. The molecule has 1 aromatic carbocycles. The largest absolute Gasteiger partial charge is 0.444 e. The van der Waals surface area contributed by atoms with Crippen LogP contribution >= 0.6 is 0 Å². The average molecular weight is 389 g/mol. The topological polar surface area (TPSA) is 42.0 Å². The maximum absolute atomic E-state index is 12.5. The summed E-state index contributed by atoms with van der Waals surface area (Å²) in [5, 5.41) is 0. The number of benzene rings is 1. The first-order valence-corrected chi connectivity index (χ1v) is 10.5. The molecule has 2 aliphatic rings. The van der Waals surface area contributed by atoms with E-state index in [0.717, 1.165) is 45.4 Å². The molecule has 0 N–H and O–H groups in total. The first-order chi connectivity index (χ1) is 13.1. The first-order valence-electron chi connectivity index (χ1n) is 10.5. The Labute approximate surface area is 170 Å². The van der Waals surface area contributed by atoms with Crippen molar-refractivity contribution in [1.29, 1.82) is 0 Å². The second-order valence-corrected chi connectivity index (χ2v) is 10.00. The lowest BCUT2D eigenvalue weighted by Crippen LogP contribution is -2.59. The number of likely N-dealkylation sites (tertiary alicyclic amines) is 1. The van der Waals surface area contributed by atoms with Gasteiger partial charge in [0.05, 0.1) is 11.2 Å². The minimum atomic E-state index is -0.461. The van der Waals surface area contributed by atoms with Gasteiger partial charge in [-0.15, -0.1) is 0 Å². The van der Waals surface area contributed by atoms with Gasteiger partial charge in [-0.2, -0.15) is 0 Å². The number of ether oxygens (including phenoxy) is 2. The van der Waals surface area contributed by atoms with Crippen molar-refractivity contribution in [3.63, 3.8) is 0 Å². The fourth-order valence-corrected chi connectivity index (χ4v) is 4.54. The predicted octanol–water partition coefficient (Wildman–Crippen LogP) is 4.46. The van der Waals surface area contributed by atoms with Gasteiger partial charge in [-0.3, -0.25) is 4.90 Å². The SMILES string of the molecule is CC(C)(C)OC(=O)N1CCCC2(CC1)CN(Cc1ccccc1)CC(C)(C)O2. The molecule has 28 heavy (non-hydrogen) atoms. The van der Waals surface area contributed by atoms with E-state index in [1.54, 1.807) is 0 Å². The van der Waals surface area contributed by atoms with Crippen LogP contribution in [0.4, 0.5) is 4.79 Å². The van der Waals surface area contributed by atoms with Crippen molar-refractivity contribution >= 4 is 6.09 Å². The molecule has 2 fully saturated rings. The Hall–Kier alpha value is -1.59. The number of hydrogen-bond donors (Lipinski definition) is 0. The zero-order chi connectivity index (χ0) is 20.4. The normalized spacial score (nSPS) is 26.1. The summed E-state index contributed by atoms with van der Waals surface area (Å²) >= 11 is 0. The summed E-state index contributed by atoms with van der Waals surface area (Å²) < 4.78 is 12.2. The van der Waals surface area contributed by atoms with Gasteiger partial charge in [0.25, 0.3) is 0 Å². The molecule has 0 saturated carbocycles. The highest BCUT2D eigenvalue weighted by atomic mass is 16.6. The fourth-order valence-electron chi connectivity index (χ4n) is 4.54. The molecule has 1 unspecified atom stereocenters. The van der Waals surface area contributed by atoms with E-state index in [1.807, 2.05) is 25.7 Å². The molecule has 0 aliphatic carbocycles. The molecule has 2 aliphatic heterocycles. The van der Waals surface area contributed by atoms with E-state index in [1.165, 1.54) is 5.56 Å². The number of nitrogens with zero attached hydrogens (tertiary/aromatic N) is 2. The highest BCUT2D eigenvalue weighted by Crippen LogP contribution is 2.37. The fraction of sp³-hybridized carbons (Fsp3) is 0.696. The molecular formula is C23H36N2O3. The van der Waals surface area contributed by atoms with Crippen molar-refractivity contribution in [3.8, 4) is 0 Å². The van der Waals surface area contributed by atoms with Crippen LogP contribution in [-0.4, -0.2) is 58.9 Å². The standard InChI is InChI=1S/C23H36N2O3/c1-21(2,3)27-20(26)25-14-9-12-23(13-15-25)18-24(17-22(4,5)28-23)16-19-10-7-6-8-11-19/h6-8,10-11H,9,12-18H2,1-5H3. The van der Waals surface area contributed by atoms with Crippen LogP contribution in [0.15, 0.2) is 30.3 Å². The van der Waals surface area contributed by atoms with Crippen LogP contribution in [-0.2, 0) is 16.0 Å². The molecular weight excluding hydrogens is 352 g/mol. The van der Waals surface area contributed by atoms with Gasteiger partial charge in [-0.1, -0.05) is 30.3 Å². The van der Waals surface area contributed by atoms with Crippen molar-refractivity contribution in [2.75, 3.05) is 26.2 Å². The maximum atomic E-state index is 12.5. The van der Waals surface area contributed by atoms with Gasteiger partial charge in [0.2, 0.25) is 0 Å². The molecule has 1 aromatic rings. The van der Waals surface area contributed by atoms with Crippen molar-refractivity contribution in [3.05, 3.63) is 35.9 Å². The van der Waals surface area contributed by atoms with Crippen LogP contribution in [0.1, 0.15) is 59.4 Å². The molecule has 1 spiro atoms. The Morgan fingerprint density at radius 1 is 1.11 bits per heavy atom. The number of carbonyl (C=O) groups is 1. The molecule has 0 aromatic heterocycles. The maximum Gasteiger partial charge on any atom is 0.410 e. The second kappa shape index (κ2) is 8.03. The number of carbonyl (C=O) groups excluding carboxylic acids is 1. The van der Waals surface area contributed by atoms with E-state index >= 15 is 0 Å². The quantitative estimate of drug-likeness (QED) is 0.750. The summed E-state index contributed by atoms with van der Waals surface area (Å²) in [7, 11) is 0. The van der Waals surface area contributed by atoms with Gasteiger partial charge >= 0.3 is 6.09 Å². The molecule has 1 amide bonds. The Bertz CT molecular complexity index is 668. The summed E-state index contributed by atoms with van der Waals surface area (Å²) in [4.78, 5) is 16.9. The number of amides is 1. The third-order valence-electron chi connectivity index (χ3n) is 5.41. The third-order valence-corrected chi connectivity index (χ3v) is 5.41. The molecule has 2 saturated heterocycles. The lowest BCUT2D eigenvalue weighted by molar-refractivity contribution is -0.203. The summed E-state index contributed by atoms with van der Waals surface area (Å²) in [6.07, 6.45) is 2.55. The Morgan fingerprint density at radius 3 is 2.50 bits per heavy atom. The molecule has 5 heteroatoms. The van der Waals surface area contributed by atoms with Gasteiger partial charge in [-0.05, 0) is 59.4 Å². The van der Waals surface area contributed by atoms with Crippen LogP contribution in [0.2, 0.25) is 0 Å². The van der Waals surface area contributed by atoms with E-state index in [2.05, 4.69) is 49.1 Å². The molecule has 5 nitrogen and oxygen atoms in total. The smallest absolute Gasteiger partial charge is 0.410 e. The van der Waals surface area contributed by atoms with E-state index < -0.39 is 5.60 Å². The van der Waals surface area contributed by atoms with Crippen molar-refractivity contribution in [1.82, 2.24) is 9.80 Å². The first kappa shape index (κ1) is 21.1. The lowest BCUT2D eigenvalue weighted by atomic mass is 9.89. The van der Waals surface area contributed by atoms with E-state index in [0.29, 0.717) is 6.54 Å². The van der Waals surface area contributed by atoms with Crippen LogP contribution in [0.25, 0.3) is 0 Å². The predicted molar refractivity (Wildman–Crippen MR) is 111 cm³/mol. The monoisotopic (exact) mass is 388 g/mol. The number of hydrogen-bond acceptors (Lipinski definition) is 4. The van der Waals surface area contributed by atoms with Gasteiger partial charge < -0.3 is 14.4 Å². The van der Waals surface area contributed by atoms with Crippen molar-refractivity contribution in [2.24, 2.45) is 0 Å². The minimum Gasteiger partial charge on any atom is -0.444 e. The summed E-state index contributed by atoms with van der Waals surface area (Å²) in [5.74, 6) is 0. The zero-order valence-electron chi connectivity index (χ0n) is 18.2. The van der Waals surface area contributed by atoms with Crippen LogP contribution < -0.4 is 0 Å². The van der Waals surface area contributed by atoms with Gasteiger partial charge in [0.1, 0.15) is 5.60 Å². The van der Waals surface area contributed by atoms with Crippen LogP contribution in [0.3, 0.4) is 0 Å². The highest BCUT2D eigenvalue weighted by molar-refractivity contribution is 5.68. The van der Waals surface area contributed by atoms with E-state index in [9.17, 15) is 4.79 Å². The highest BCUT2D eigenvalue weighted by Gasteiger charge is 2.45. The van der Waals surface area contributed by atoms with Crippen LogP contribution in [0, 0.1) is 0 Å². The lowest BCUT2D eigenvalue weighted by Gasteiger charge is -2.50. The molecule has 0 bridgehead atoms. The van der Waals surface area contributed by atoms with Gasteiger partial charge in [0, 0.05) is 32.7 Å². The Morgan fingerprint density at radius 2 is 1.82 bits per heavy atom. The van der Waals surface area contributed by atoms with Gasteiger partial charge in [-0.25, -0.2) is 4.79 Å². The third kappa shape index (κ3) is 5.71. The Kier molecular flexibility index (Phi) is 6.06. The minimum absolute atomic E-state index is 0.200. The Balaban J connectivity index is 1.68. The molecule has 3 rings (SSSR count). The second-order valence-electron chi connectivity index (χ2n) is 10.00. The van der Waals surface area contributed by atoms with Gasteiger partial charge in [0.15, 0.2) is 0 Å². The number of rotatable bonds is 2. The van der Waals surface area contributed by atoms with E-state index in [4.69, 9.17) is 9.47 Å². The molecule has 0 radical (unpaired) electrons. The zero-order valence-corrected chi connectivity index (χ0v) is 18.2. The average Bonchev–Trinajstić information content (AvgIpc) is 2.75. The van der Waals surface area contributed by atoms with E-state index in [-0.39, 0.29) is 17.3 Å². The molecule has 156 valence electrons. The van der Waals surface area contributed by atoms with Crippen LogP contribution in [0.5, 0.6) is 0 Å². The molecule has 2 heterocycles.